The molecule has 312 valence electrons. The number of nitrogens with zero attached hydrogens (tertiary/aromatic N) is 3. The van der Waals surface area contributed by atoms with Gasteiger partial charge in [0.05, 0.1) is 49.4 Å². The largest absolute Gasteiger partial charge is 0.309 e. The van der Waals surface area contributed by atoms with Crippen LogP contribution in [0.4, 0.5) is 17.1 Å². The lowest BCUT2D eigenvalue weighted by Crippen LogP contribution is -2.33. The maximum Gasteiger partial charge on any atom is 0.0755 e. The van der Waals surface area contributed by atoms with Crippen LogP contribution >= 0.6 is 11.3 Å². The minimum absolute atomic E-state index is 0.576. The molecule has 4 heteroatoms. The first-order valence-electron chi connectivity index (χ1n) is 23.1. The molecule has 0 fully saturated rings. The van der Waals surface area contributed by atoms with E-state index in [0.29, 0.717) is 0 Å². The Morgan fingerprint density at radius 3 is 1.70 bits per heavy atom. The molecule has 1 atom stereocenters. The quantitative estimate of drug-likeness (QED) is 0.168. The molecule has 1 aliphatic heterocycles. The third-order valence-corrected chi connectivity index (χ3v) is 15.9. The van der Waals surface area contributed by atoms with E-state index >= 15 is 0 Å². The standard InChI is InChI=1S/C63H39N3S/c1-2-18-40(19-3-1)62-61(48-24-8-15-35-58(48)67-62)65(42-38-36-41(37-39-42)64-53-30-11-5-20-43(53)44-21-6-12-31-54(44)64)57-34-17-28-51-59(57)47-23-4-9-26-49(47)63(51)50-27-10-14-33-56(50)66-55-32-13-7-22-45(55)46-25-16-29-52(63)60(46)66/h1-39H. The van der Waals surface area contributed by atoms with Gasteiger partial charge in [-0.1, -0.05) is 176 Å². The summed E-state index contributed by atoms with van der Waals surface area (Å²) in [6, 6.07) is 88.1. The number of aromatic nitrogens is 2. The summed E-state index contributed by atoms with van der Waals surface area (Å²) in [6.45, 7) is 0. The first kappa shape index (κ1) is 36.9. The van der Waals surface area contributed by atoms with Gasteiger partial charge in [-0.3, -0.25) is 0 Å². The topological polar surface area (TPSA) is 13.1 Å². The van der Waals surface area contributed by atoms with Gasteiger partial charge < -0.3 is 14.0 Å². The van der Waals surface area contributed by atoms with Crippen molar-refractivity contribution in [2.45, 2.75) is 5.41 Å². The second-order valence-electron chi connectivity index (χ2n) is 17.9. The zero-order valence-electron chi connectivity index (χ0n) is 36.3. The van der Waals surface area contributed by atoms with E-state index in [1.165, 1.54) is 109 Å². The number of anilines is 3. The molecule has 1 aliphatic carbocycles. The van der Waals surface area contributed by atoms with E-state index in [0.717, 1.165) is 17.1 Å². The highest BCUT2D eigenvalue weighted by atomic mass is 32.1. The second-order valence-corrected chi connectivity index (χ2v) is 19.0. The molecule has 3 nitrogen and oxygen atoms in total. The van der Waals surface area contributed by atoms with Crippen LogP contribution in [0.15, 0.2) is 237 Å². The van der Waals surface area contributed by atoms with Crippen molar-refractivity contribution >= 4 is 82.1 Å². The predicted octanol–water partition coefficient (Wildman–Crippen LogP) is 16.9. The highest BCUT2D eigenvalue weighted by Gasteiger charge is 2.51. The van der Waals surface area contributed by atoms with E-state index in [1.807, 2.05) is 11.3 Å². The molecule has 0 saturated heterocycles. The zero-order chi connectivity index (χ0) is 43.8. The molecule has 3 aromatic heterocycles. The first-order valence-corrected chi connectivity index (χ1v) is 23.9. The van der Waals surface area contributed by atoms with Gasteiger partial charge >= 0.3 is 0 Å². The zero-order valence-corrected chi connectivity index (χ0v) is 37.1. The van der Waals surface area contributed by atoms with Crippen molar-refractivity contribution in [1.29, 1.82) is 0 Å². The summed E-state index contributed by atoms with van der Waals surface area (Å²) < 4.78 is 6.20. The van der Waals surface area contributed by atoms with Crippen molar-refractivity contribution in [2.24, 2.45) is 0 Å². The van der Waals surface area contributed by atoms with E-state index in [2.05, 4.69) is 251 Å². The molecule has 0 saturated carbocycles. The Labute approximate surface area is 391 Å². The van der Waals surface area contributed by atoms with Crippen LogP contribution in [0.1, 0.15) is 22.3 Å². The third kappa shape index (κ3) is 4.84. The van der Waals surface area contributed by atoms with Gasteiger partial charge in [-0.05, 0) is 94.0 Å². The lowest BCUT2D eigenvalue weighted by atomic mass is 9.65. The van der Waals surface area contributed by atoms with Crippen LogP contribution in [-0.2, 0) is 5.41 Å². The van der Waals surface area contributed by atoms with Crippen molar-refractivity contribution < 1.29 is 0 Å². The molecular weight excluding hydrogens is 831 g/mol. The number of para-hydroxylation sites is 5. The fraction of sp³-hybridized carbons (Fsp3) is 0.0159. The number of hydrogen-bond acceptors (Lipinski definition) is 2. The maximum atomic E-state index is 2.58. The Kier molecular flexibility index (Phi) is 7.58. The predicted molar refractivity (Wildman–Crippen MR) is 281 cm³/mol. The van der Waals surface area contributed by atoms with Crippen LogP contribution in [0.25, 0.3) is 86.6 Å². The molecule has 0 bridgehead atoms. The maximum absolute atomic E-state index is 2.58. The summed E-state index contributed by atoms with van der Waals surface area (Å²) in [5.74, 6) is 0. The molecule has 2 aliphatic rings. The van der Waals surface area contributed by atoms with Crippen molar-refractivity contribution in [2.75, 3.05) is 4.90 Å². The number of fused-ring (bicyclic) bond motifs is 16. The van der Waals surface area contributed by atoms with E-state index in [4.69, 9.17) is 0 Å². The Hall–Kier alpha value is -8.44. The number of benzene rings is 10. The third-order valence-electron chi connectivity index (χ3n) is 14.7. The Bertz CT molecular complexity index is 4120. The molecular formula is C63H39N3S. The highest BCUT2D eigenvalue weighted by Crippen LogP contribution is 2.64. The van der Waals surface area contributed by atoms with Gasteiger partial charge in [-0.15, -0.1) is 11.3 Å². The summed E-state index contributed by atoms with van der Waals surface area (Å²) in [7, 11) is 0. The summed E-state index contributed by atoms with van der Waals surface area (Å²) in [5.41, 5.74) is 19.1. The van der Waals surface area contributed by atoms with Crippen molar-refractivity contribution in [3.8, 4) is 32.9 Å². The van der Waals surface area contributed by atoms with Gasteiger partial charge in [0.15, 0.2) is 0 Å². The summed E-state index contributed by atoms with van der Waals surface area (Å²) in [6.07, 6.45) is 0. The first-order chi connectivity index (χ1) is 33.3. The number of thiophene rings is 1. The van der Waals surface area contributed by atoms with E-state index in [1.54, 1.807) is 0 Å². The van der Waals surface area contributed by atoms with E-state index < -0.39 is 5.41 Å². The summed E-state index contributed by atoms with van der Waals surface area (Å²) in [5, 5.41) is 6.31. The lowest BCUT2D eigenvalue weighted by Gasteiger charge is -2.39. The van der Waals surface area contributed by atoms with Crippen molar-refractivity contribution in [3.05, 3.63) is 259 Å². The minimum atomic E-state index is -0.576. The smallest absolute Gasteiger partial charge is 0.0755 e. The van der Waals surface area contributed by atoms with Gasteiger partial charge in [0.2, 0.25) is 0 Å². The Morgan fingerprint density at radius 2 is 0.940 bits per heavy atom. The van der Waals surface area contributed by atoms with Crippen LogP contribution < -0.4 is 4.90 Å². The van der Waals surface area contributed by atoms with Crippen molar-refractivity contribution in [3.63, 3.8) is 0 Å². The molecule has 13 aromatic rings. The molecule has 0 N–H and O–H groups in total. The molecule has 0 radical (unpaired) electrons. The number of rotatable bonds is 5. The highest BCUT2D eigenvalue weighted by molar-refractivity contribution is 7.23. The van der Waals surface area contributed by atoms with Gasteiger partial charge in [-0.25, -0.2) is 0 Å². The molecule has 67 heavy (non-hydrogen) atoms. The molecule has 1 unspecified atom stereocenters. The Balaban J connectivity index is 1.04. The fourth-order valence-corrected chi connectivity index (χ4v) is 13.4. The minimum Gasteiger partial charge on any atom is -0.309 e. The van der Waals surface area contributed by atoms with Crippen LogP contribution in [0.2, 0.25) is 0 Å². The average molecular weight is 870 g/mol. The monoisotopic (exact) mass is 869 g/mol. The lowest BCUT2D eigenvalue weighted by molar-refractivity contribution is 0.748. The van der Waals surface area contributed by atoms with E-state index in [-0.39, 0.29) is 0 Å². The molecule has 1 spiro atoms. The number of hydrogen-bond donors (Lipinski definition) is 0. The SMILES string of the molecule is c1ccc(-c2sc3ccccc3c2N(c2ccc(-n3c4ccccc4c4ccccc43)cc2)c2cccc3c2-c2ccccc2C32c3ccccc3-n3c4ccccc4c4cccc2c43)cc1. The van der Waals surface area contributed by atoms with Gasteiger partial charge in [0.25, 0.3) is 0 Å². The van der Waals surface area contributed by atoms with Crippen molar-refractivity contribution in [1.82, 2.24) is 9.13 Å². The van der Waals surface area contributed by atoms with Crippen LogP contribution in [-0.4, -0.2) is 9.13 Å². The molecule has 4 heterocycles. The summed E-state index contributed by atoms with van der Waals surface area (Å²) in [4.78, 5) is 3.82. The molecule has 10 aromatic carbocycles. The van der Waals surface area contributed by atoms with Gasteiger partial charge in [0, 0.05) is 48.6 Å². The normalized spacial score (nSPS) is 14.6. The van der Waals surface area contributed by atoms with Gasteiger partial charge in [0.1, 0.15) is 0 Å². The molecule has 15 rings (SSSR count). The fourth-order valence-electron chi connectivity index (χ4n) is 12.2. The van der Waals surface area contributed by atoms with Crippen LogP contribution in [0.5, 0.6) is 0 Å². The molecule has 0 amide bonds. The average Bonchev–Trinajstić information content (AvgIpc) is 4.13. The van der Waals surface area contributed by atoms with Crippen LogP contribution in [0.3, 0.4) is 0 Å². The Morgan fingerprint density at radius 1 is 0.388 bits per heavy atom. The second kappa shape index (κ2) is 13.8. The summed E-state index contributed by atoms with van der Waals surface area (Å²) >= 11 is 1.87. The van der Waals surface area contributed by atoms with Crippen LogP contribution in [0, 0.1) is 0 Å². The van der Waals surface area contributed by atoms with Gasteiger partial charge in [-0.2, -0.15) is 0 Å². The van der Waals surface area contributed by atoms with E-state index in [9.17, 15) is 0 Å².